The van der Waals surface area contributed by atoms with Crippen molar-refractivity contribution in [2.75, 3.05) is 13.2 Å². The topological polar surface area (TPSA) is 78.9 Å². The summed E-state index contributed by atoms with van der Waals surface area (Å²) in [6.07, 6.45) is 68.8. The molecule has 0 aromatic heterocycles. The maximum atomic E-state index is 12.8. The van der Waals surface area contributed by atoms with Crippen molar-refractivity contribution in [3.8, 4) is 0 Å². The first-order valence-electron chi connectivity index (χ1n) is 24.2. The van der Waals surface area contributed by atoms with Gasteiger partial charge in [-0.2, -0.15) is 0 Å². The van der Waals surface area contributed by atoms with Crippen molar-refractivity contribution in [2.24, 2.45) is 0 Å². The third-order valence-electron chi connectivity index (χ3n) is 9.38. The summed E-state index contributed by atoms with van der Waals surface area (Å²) in [6, 6.07) is 0. The molecule has 6 nitrogen and oxygen atoms in total. The Labute approximate surface area is 379 Å². The average molecular weight is 855 g/mol. The molecular formula is C56H86O6. The van der Waals surface area contributed by atoms with Gasteiger partial charge in [-0.3, -0.25) is 14.4 Å². The van der Waals surface area contributed by atoms with Gasteiger partial charge >= 0.3 is 17.9 Å². The van der Waals surface area contributed by atoms with Gasteiger partial charge in [-0.25, -0.2) is 0 Å². The van der Waals surface area contributed by atoms with E-state index in [-0.39, 0.29) is 50.4 Å². The van der Waals surface area contributed by atoms with Crippen LogP contribution in [0.3, 0.4) is 0 Å². The lowest BCUT2D eigenvalue weighted by Crippen LogP contribution is -2.30. The Bertz CT molecular complexity index is 1400. The molecule has 0 aliphatic carbocycles. The van der Waals surface area contributed by atoms with Crippen LogP contribution in [-0.4, -0.2) is 37.2 Å². The highest BCUT2D eigenvalue weighted by molar-refractivity contribution is 5.71. The Morgan fingerprint density at radius 3 is 0.952 bits per heavy atom. The summed E-state index contributed by atoms with van der Waals surface area (Å²) in [5.74, 6) is -1.07. The van der Waals surface area contributed by atoms with Gasteiger partial charge in [-0.15, -0.1) is 0 Å². The second kappa shape index (κ2) is 49.2. The average Bonchev–Trinajstić information content (AvgIpc) is 3.27. The zero-order chi connectivity index (χ0) is 45.1. The molecule has 0 aliphatic heterocycles. The van der Waals surface area contributed by atoms with E-state index in [0.717, 1.165) is 116 Å². The van der Waals surface area contributed by atoms with E-state index in [0.29, 0.717) is 12.8 Å². The molecule has 6 heteroatoms. The van der Waals surface area contributed by atoms with Crippen LogP contribution in [-0.2, 0) is 28.6 Å². The Morgan fingerprint density at radius 1 is 0.323 bits per heavy atom. The molecule has 0 heterocycles. The number of unbranched alkanes of at least 4 members (excludes halogenated alkanes) is 8. The summed E-state index contributed by atoms with van der Waals surface area (Å²) < 4.78 is 16.6. The van der Waals surface area contributed by atoms with Crippen LogP contribution in [0.2, 0.25) is 0 Å². The van der Waals surface area contributed by atoms with Gasteiger partial charge in [0.2, 0.25) is 0 Å². The van der Waals surface area contributed by atoms with Crippen LogP contribution in [0.5, 0.6) is 0 Å². The molecule has 0 fully saturated rings. The van der Waals surface area contributed by atoms with Gasteiger partial charge in [0.1, 0.15) is 13.2 Å². The lowest BCUT2D eigenvalue weighted by Gasteiger charge is -2.18. The molecule has 0 bridgehead atoms. The summed E-state index contributed by atoms with van der Waals surface area (Å²) in [7, 11) is 0. The standard InChI is InChI=1S/C56H86O6/c1-4-7-10-13-16-19-22-24-26-28-30-31-34-37-40-43-46-49-55(58)61-52-53(51-60-54(57)48-45-42-39-36-33-21-18-15-12-9-6-3)62-56(59)50-47-44-41-38-35-32-29-27-25-23-20-17-14-11-8-5-2/h7-12,16-21,24-27,30-31,36-37,39-40,53H,4-6,13-15,22-23,28-29,32-35,38,41-52H2,1-3H3/b10-7-,11-8-,12-9-,19-16-,20-17-,21-18-,26-24-,27-25-,31-30-,39-36-,40-37-. The van der Waals surface area contributed by atoms with Crippen molar-refractivity contribution < 1.29 is 28.6 Å². The number of esters is 3. The van der Waals surface area contributed by atoms with Crippen LogP contribution in [0.25, 0.3) is 0 Å². The van der Waals surface area contributed by atoms with Crippen LogP contribution >= 0.6 is 0 Å². The van der Waals surface area contributed by atoms with E-state index in [2.05, 4.69) is 154 Å². The third kappa shape index (κ3) is 46.6. The van der Waals surface area contributed by atoms with E-state index in [4.69, 9.17) is 14.2 Å². The Kier molecular flexibility index (Phi) is 45.7. The van der Waals surface area contributed by atoms with Crippen molar-refractivity contribution >= 4 is 17.9 Å². The summed E-state index contributed by atoms with van der Waals surface area (Å²) in [5.41, 5.74) is 0. The molecule has 0 rings (SSSR count). The smallest absolute Gasteiger partial charge is 0.306 e. The molecule has 0 amide bonds. The zero-order valence-corrected chi connectivity index (χ0v) is 39.3. The van der Waals surface area contributed by atoms with Gasteiger partial charge in [-0.1, -0.05) is 180 Å². The summed E-state index contributed by atoms with van der Waals surface area (Å²) in [5, 5.41) is 0. The van der Waals surface area contributed by atoms with Crippen molar-refractivity contribution in [2.45, 2.75) is 187 Å². The molecule has 0 saturated carbocycles. The Balaban J connectivity index is 4.57. The van der Waals surface area contributed by atoms with Crippen LogP contribution in [0, 0.1) is 0 Å². The monoisotopic (exact) mass is 855 g/mol. The van der Waals surface area contributed by atoms with Crippen LogP contribution in [0.15, 0.2) is 134 Å². The molecule has 0 spiro atoms. The van der Waals surface area contributed by atoms with Crippen molar-refractivity contribution in [3.05, 3.63) is 134 Å². The lowest BCUT2D eigenvalue weighted by atomic mass is 10.1. The van der Waals surface area contributed by atoms with Gasteiger partial charge in [0.05, 0.1) is 0 Å². The minimum atomic E-state index is -0.832. The van der Waals surface area contributed by atoms with Gasteiger partial charge in [0.25, 0.3) is 0 Å². The Hall–Kier alpha value is -4.45. The van der Waals surface area contributed by atoms with Crippen molar-refractivity contribution in [1.82, 2.24) is 0 Å². The van der Waals surface area contributed by atoms with Gasteiger partial charge < -0.3 is 14.2 Å². The Morgan fingerprint density at radius 2 is 0.597 bits per heavy atom. The first-order valence-corrected chi connectivity index (χ1v) is 24.2. The summed E-state index contributed by atoms with van der Waals surface area (Å²) in [6.45, 7) is 6.15. The fraction of sp³-hybridized carbons (Fsp3) is 0.554. The second-order valence-corrected chi connectivity index (χ2v) is 15.2. The van der Waals surface area contributed by atoms with E-state index in [1.54, 1.807) is 0 Å². The molecule has 0 N–H and O–H groups in total. The number of hydrogen-bond acceptors (Lipinski definition) is 6. The fourth-order valence-electron chi connectivity index (χ4n) is 5.87. The number of hydrogen-bond donors (Lipinski definition) is 0. The molecule has 1 atom stereocenters. The molecule has 62 heavy (non-hydrogen) atoms. The summed E-state index contributed by atoms with van der Waals surface area (Å²) in [4.78, 5) is 37.8. The molecule has 1 unspecified atom stereocenters. The van der Waals surface area contributed by atoms with Crippen molar-refractivity contribution in [1.29, 1.82) is 0 Å². The molecular weight excluding hydrogens is 769 g/mol. The number of carbonyl (C=O) groups is 3. The highest BCUT2D eigenvalue weighted by Gasteiger charge is 2.19. The van der Waals surface area contributed by atoms with Gasteiger partial charge in [0.15, 0.2) is 6.10 Å². The van der Waals surface area contributed by atoms with E-state index in [1.165, 1.54) is 12.8 Å². The minimum absolute atomic E-state index is 0.133. The maximum absolute atomic E-state index is 12.8. The maximum Gasteiger partial charge on any atom is 0.306 e. The van der Waals surface area contributed by atoms with Gasteiger partial charge in [0, 0.05) is 19.3 Å². The number of allylic oxidation sites excluding steroid dienone is 22. The molecule has 0 aliphatic rings. The van der Waals surface area contributed by atoms with Crippen LogP contribution < -0.4 is 0 Å². The van der Waals surface area contributed by atoms with Gasteiger partial charge in [-0.05, 0) is 116 Å². The first kappa shape index (κ1) is 57.5. The normalized spacial score (nSPS) is 13.3. The predicted molar refractivity (Wildman–Crippen MR) is 265 cm³/mol. The minimum Gasteiger partial charge on any atom is -0.462 e. The van der Waals surface area contributed by atoms with Crippen LogP contribution in [0.1, 0.15) is 181 Å². The molecule has 0 aromatic carbocycles. The largest absolute Gasteiger partial charge is 0.462 e. The first-order chi connectivity index (χ1) is 30.5. The molecule has 346 valence electrons. The second-order valence-electron chi connectivity index (χ2n) is 15.2. The van der Waals surface area contributed by atoms with E-state index in [9.17, 15) is 14.4 Å². The highest BCUT2D eigenvalue weighted by atomic mass is 16.6. The third-order valence-corrected chi connectivity index (χ3v) is 9.38. The predicted octanol–water partition coefficient (Wildman–Crippen LogP) is 15.9. The fourth-order valence-corrected chi connectivity index (χ4v) is 5.87. The molecule has 0 aromatic rings. The zero-order valence-electron chi connectivity index (χ0n) is 39.3. The number of carbonyl (C=O) groups excluding carboxylic acids is 3. The van der Waals surface area contributed by atoms with E-state index < -0.39 is 6.10 Å². The van der Waals surface area contributed by atoms with E-state index >= 15 is 0 Å². The quantitative estimate of drug-likeness (QED) is 0.0264. The van der Waals surface area contributed by atoms with Crippen molar-refractivity contribution in [3.63, 3.8) is 0 Å². The molecule has 0 saturated heterocycles. The SMILES string of the molecule is CC/C=C\C/C=C\C/C=C\C/C=C\C/C=C\CCCC(=O)OCC(COC(=O)CCC/C=C\C/C=C\C/C=C\CC)OC(=O)CCCCCCCC/C=C\C/C=C\C/C=C\CC. The van der Waals surface area contributed by atoms with E-state index in [1.807, 2.05) is 0 Å². The number of ether oxygens (including phenoxy) is 3. The highest BCUT2D eigenvalue weighted by Crippen LogP contribution is 2.12. The number of rotatable bonds is 41. The lowest BCUT2D eigenvalue weighted by molar-refractivity contribution is -0.167. The summed E-state index contributed by atoms with van der Waals surface area (Å²) >= 11 is 0. The molecule has 0 radical (unpaired) electrons. The van der Waals surface area contributed by atoms with Crippen LogP contribution in [0.4, 0.5) is 0 Å².